The molecule has 27 heavy (non-hydrogen) atoms. The second-order valence-corrected chi connectivity index (χ2v) is 6.56. The number of carbonyl (C=O) groups excluding carboxylic acids is 2. The zero-order valence-electron chi connectivity index (χ0n) is 14.1. The van der Waals surface area contributed by atoms with Crippen LogP contribution in [0.25, 0.3) is 11.3 Å². The van der Waals surface area contributed by atoms with Gasteiger partial charge in [-0.3, -0.25) is 9.59 Å². The predicted molar refractivity (Wildman–Crippen MR) is 101 cm³/mol. The highest BCUT2D eigenvalue weighted by molar-refractivity contribution is 7.14. The largest absolute Gasteiger partial charge is 0.454 e. The fourth-order valence-corrected chi connectivity index (χ4v) is 3.27. The normalized spacial score (nSPS) is 11.9. The van der Waals surface area contributed by atoms with Crippen LogP contribution in [0.5, 0.6) is 11.5 Å². The van der Waals surface area contributed by atoms with Gasteiger partial charge in [-0.2, -0.15) is 0 Å². The Morgan fingerprint density at radius 3 is 2.74 bits per heavy atom. The second-order valence-electron chi connectivity index (χ2n) is 5.70. The van der Waals surface area contributed by atoms with E-state index >= 15 is 0 Å². The summed E-state index contributed by atoms with van der Waals surface area (Å²) < 4.78 is 10.7. The van der Waals surface area contributed by atoms with Crippen LogP contribution >= 0.6 is 11.3 Å². The van der Waals surface area contributed by atoms with Crippen molar-refractivity contribution in [3.8, 4) is 22.8 Å². The summed E-state index contributed by atoms with van der Waals surface area (Å²) in [4.78, 5) is 28.4. The van der Waals surface area contributed by atoms with E-state index < -0.39 is 0 Å². The van der Waals surface area contributed by atoms with Crippen LogP contribution in [0.3, 0.4) is 0 Å². The van der Waals surface area contributed by atoms with Crippen LogP contribution in [0.15, 0.2) is 53.9 Å². The fraction of sp³-hybridized carbons (Fsp3) is 0.105. The highest BCUT2D eigenvalue weighted by Gasteiger charge is 2.15. The molecule has 0 aliphatic carbocycles. The lowest BCUT2D eigenvalue weighted by Gasteiger charge is -2.05. The number of aromatic nitrogens is 1. The zero-order chi connectivity index (χ0) is 18.6. The number of hydrogen-bond donors (Lipinski definition) is 2. The predicted octanol–water partition coefficient (Wildman–Crippen LogP) is 2.91. The summed E-state index contributed by atoms with van der Waals surface area (Å²) in [5.41, 5.74) is 2.10. The number of rotatable bonds is 5. The molecule has 136 valence electrons. The Kier molecular flexibility index (Phi) is 4.71. The van der Waals surface area contributed by atoms with Gasteiger partial charge >= 0.3 is 0 Å². The SMILES string of the molecule is O=C(CNC(=O)c1ccccc1)Nc1nc(-c2ccc3c(c2)OCO3)cs1. The third-order valence-corrected chi connectivity index (χ3v) is 4.62. The maximum absolute atomic E-state index is 12.1. The molecule has 0 bridgehead atoms. The fourth-order valence-electron chi connectivity index (χ4n) is 2.54. The number of nitrogens with zero attached hydrogens (tertiary/aromatic N) is 1. The van der Waals surface area contributed by atoms with Gasteiger partial charge in [0.25, 0.3) is 5.91 Å². The monoisotopic (exact) mass is 381 g/mol. The topological polar surface area (TPSA) is 89.6 Å². The van der Waals surface area contributed by atoms with Crippen molar-refractivity contribution in [1.29, 1.82) is 0 Å². The van der Waals surface area contributed by atoms with Crippen molar-refractivity contribution in [2.75, 3.05) is 18.7 Å². The Balaban J connectivity index is 1.35. The van der Waals surface area contributed by atoms with Crippen molar-refractivity contribution in [3.05, 3.63) is 59.5 Å². The van der Waals surface area contributed by atoms with E-state index in [0.29, 0.717) is 22.2 Å². The van der Waals surface area contributed by atoms with Crippen LogP contribution in [0.4, 0.5) is 5.13 Å². The van der Waals surface area contributed by atoms with Gasteiger partial charge in [-0.1, -0.05) is 18.2 Å². The van der Waals surface area contributed by atoms with Crippen molar-refractivity contribution >= 4 is 28.3 Å². The number of fused-ring (bicyclic) bond motifs is 1. The molecule has 7 nitrogen and oxygen atoms in total. The number of carbonyl (C=O) groups is 2. The van der Waals surface area contributed by atoms with Gasteiger partial charge in [-0.25, -0.2) is 4.98 Å². The molecule has 0 radical (unpaired) electrons. The average molecular weight is 381 g/mol. The minimum atomic E-state index is -0.342. The van der Waals surface area contributed by atoms with Gasteiger partial charge in [0.2, 0.25) is 12.7 Å². The summed E-state index contributed by atoms with van der Waals surface area (Å²) in [5, 5.41) is 7.57. The van der Waals surface area contributed by atoms with Crippen LogP contribution in [0.1, 0.15) is 10.4 Å². The quantitative estimate of drug-likeness (QED) is 0.709. The van der Waals surface area contributed by atoms with Crippen molar-refractivity contribution < 1.29 is 19.1 Å². The molecule has 0 saturated carbocycles. The smallest absolute Gasteiger partial charge is 0.251 e. The van der Waals surface area contributed by atoms with Crippen LogP contribution in [-0.2, 0) is 4.79 Å². The number of anilines is 1. The molecule has 0 saturated heterocycles. The second kappa shape index (κ2) is 7.46. The lowest BCUT2D eigenvalue weighted by molar-refractivity contribution is -0.115. The summed E-state index contributed by atoms with van der Waals surface area (Å²) >= 11 is 1.31. The Bertz CT molecular complexity index is 988. The molecular weight excluding hydrogens is 366 g/mol. The minimum absolute atomic E-state index is 0.132. The lowest BCUT2D eigenvalue weighted by Crippen LogP contribution is -2.32. The molecular formula is C19H15N3O4S. The van der Waals surface area contributed by atoms with Crippen LogP contribution in [-0.4, -0.2) is 30.1 Å². The van der Waals surface area contributed by atoms with Crippen molar-refractivity contribution in [1.82, 2.24) is 10.3 Å². The van der Waals surface area contributed by atoms with E-state index in [2.05, 4.69) is 15.6 Å². The zero-order valence-corrected chi connectivity index (χ0v) is 14.9. The van der Waals surface area contributed by atoms with E-state index in [1.165, 1.54) is 11.3 Å². The summed E-state index contributed by atoms with van der Waals surface area (Å²) in [5.74, 6) is 0.739. The molecule has 0 spiro atoms. The Morgan fingerprint density at radius 1 is 1.07 bits per heavy atom. The first-order valence-electron chi connectivity index (χ1n) is 8.18. The maximum atomic E-state index is 12.1. The van der Waals surface area contributed by atoms with Gasteiger partial charge in [0.1, 0.15) is 0 Å². The first-order chi connectivity index (χ1) is 13.2. The van der Waals surface area contributed by atoms with Gasteiger partial charge in [-0.15, -0.1) is 11.3 Å². The Hall–Kier alpha value is -3.39. The van der Waals surface area contributed by atoms with Crippen molar-refractivity contribution in [3.63, 3.8) is 0 Å². The van der Waals surface area contributed by atoms with E-state index in [0.717, 1.165) is 11.3 Å². The van der Waals surface area contributed by atoms with Crippen LogP contribution in [0, 0.1) is 0 Å². The van der Waals surface area contributed by atoms with Crippen LogP contribution in [0.2, 0.25) is 0 Å². The molecule has 1 aliphatic rings. The summed E-state index contributed by atoms with van der Waals surface area (Å²) in [6, 6.07) is 14.3. The maximum Gasteiger partial charge on any atom is 0.251 e. The number of thiazole rings is 1. The van der Waals surface area contributed by atoms with Gasteiger partial charge in [0.15, 0.2) is 16.6 Å². The van der Waals surface area contributed by atoms with Gasteiger partial charge < -0.3 is 20.1 Å². The number of amides is 2. The lowest BCUT2D eigenvalue weighted by atomic mass is 10.1. The van der Waals surface area contributed by atoms with E-state index in [9.17, 15) is 9.59 Å². The number of nitrogens with one attached hydrogen (secondary N) is 2. The molecule has 2 N–H and O–H groups in total. The molecule has 2 aromatic carbocycles. The summed E-state index contributed by atoms with van der Waals surface area (Å²) in [6.07, 6.45) is 0. The highest BCUT2D eigenvalue weighted by Crippen LogP contribution is 2.36. The summed E-state index contributed by atoms with van der Waals surface area (Å²) in [7, 11) is 0. The van der Waals surface area contributed by atoms with Crippen molar-refractivity contribution in [2.45, 2.75) is 0 Å². The number of benzene rings is 2. The molecule has 0 unspecified atom stereocenters. The Labute approximate surface area is 159 Å². The molecule has 1 aliphatic heterocycles. The third kappa shape index (κ3) is 3.90. The standard InChI is InChI=1S/C19H15N3O4S/c23-17(9-20-18(24)12-4-2-1-3-5-12)22-19-21-14(10-27-19)13-6-7-15-16(8-13)26-11-25-15/h1-8,10H,9,11H2,(H,20,24)(H,21,22,23). The molecule has 0 atom stereocenters. The minimum Gasteiger partial charge on any atom is -0.454 e. The third-order valence-electron chi connectivity index (χ3n) is 3.86. The van der Waals surface area contributed by atoms with E-state index in [-0.39, 0.29) is 25.2 Å². The Morgan fingerprint density at radius 2 is 1.89 bits per heavy atom. The first kappa shape index (κ1) is 17.0. The number of ether oxygens (including phenoxy) is 2. The highest BCUT2D eigenvalue weighted by atomic mass is 32.1. The molecule has 4 rings (SSSR count). The molecule has 1 aromatic heterocycles. The average Bonchev–Trinajstić information content (AvgIpc) is 3.35. The van der Waals surface area contributed by atoms with Crippen LogP contribution < -0.4 is 20.1 Å². The molecule has 8 heteroatoms. The van der Waals surface area contributed by atoms with Crippen molar-refractivity contribution in [2.24, 2.45) is 0 Å². The number of hydrogen-bond acceptors (Lipinski definition) is 6. The molecule has 3 aromatic rings. The molecule has 2 heterocycles. The van der Waals surface area contributed by atoms with Gasteiger partial charge in [0.05, 0.1) is 12.2 Å². The van der Waals surface area contributed by atoms with E-state index in [1.807, 2.05) is 29.6 Å². The van der Waals surface area contributed by atoms with Gasteiger partial charge in [0, 0.05) is 16.5 Å². The van der Waals surface area contributed by atoms with Gasteiger partial charge in [-0.05, 0) is 30.3 Å². The first-order valence-corrected chi connectivity index (χ1v) is 9.06. The summed E-state index contributed by atoms with van der Waals surface area (Å²) in [6.45, 7) is 0.0819. The van der Waals surface area contributed by atoms with E-state index in [4.69, 9.17) is 9.47 Å². The molecule has 2 amide bonds. The van der Waals surface area contributed by atoms with E-state index in [1.54, 1.807) is 24.3 Å². The molecule has 0 fully saturated rings.